The Labute approximate surface area is 121 Å². The highest BCUT2D eigenvalue weighted by molar-refractivity contribution is 9.09. The minimum Gasteiger partial charge on any atom is -0.263 e. The molecule has 0 amide bonds. The van der Waals surface area contributed by atoms with Crippen molar-refractivity contribution in [3.8, 4) is 0 Å². The number of rotatable bonds is 3. The number of anilines is 1. The maximum atomic E-state index is 12.7. The third-order valence-electron chi connectivity index (χ3n) is 3.55. The first kappa shape index (κ1) is 12.9. The largest absolute Gasteiger partial charge is 0.265 e. The monoisotopic (exact) mass is 339 g/mol. The molecule has 0 spiro atoms. The van der Waals surface area contributed by atoms with Crippen molar-refractivity contribution in [3.63, 3.8) is 0 Å². The van der Waals surface area contributed by atoms with Crippen LogP contribution in [0.4, 0.5) is 5.69 Å². The zero-order valence-corrected chi connectivity index (χ0v) is 12.9. The van der Waals surface area contributed by atoms with E-state index in [9.17, 15) is 8.42 Å². The molecule has 2 aromatic rings. The molecule has 0 aliphatic carbocycles. The highest BCUT2D eigenvalue weighted by Gasteiger charge is 2.37. The van der Waals surface area contributed by atoms with Crippen LogP contribution in [-0.4, -0.2) is 19.8 Å². The molecule has 100 valence electrons. The lowest BCUT2D eigenvalue weighted by molar-refractivity contribution is 0.582. The van der Waals surface area contributed by atoms with Crippen molar-refractivity contribution in [2.45, 2.75) is 24.3 Å². The first-order valence-electron chi connectivity index (χ1n) is 6.19. The summed E-state index contributed by atoms with van der Waals surface area (Å²) in [6.07, 6.45) is 0.781. The second-order valence-electron chi connectivity index (χ2n) is 4.76. The number of benzene rings is 2. The zero-order chi connectivity index (χ0) is 13.6. The number of alkyl halides is 1. The summed E-state index contributed by atoms with van der Waals surface area (Å²) < 4.78 is 26.9. The van der Waals surface area contributed by atoms with Crippen LogP contribution in [0.25, 0.3) is 10.8 Å². The van der Waals surface area contributed by atoms with Gasteiger partial charge in [-0.15, -0.1) is 0 Å². The van der Waals surface area contributed by atoms with Gasteiger partial charge in [-0.2, -0.15) is 0 Å². The van der Waals surface area contributed by atoms with E-state index in [0.717, 1.165) is 28.2 Å². The van der Waals surface area contributed by atoms with E-state index in [1.807, 2.05) is 31.2 Å². The summed E-state index contributed by atoms with van der Waals surface area (Å²) in [4.78, 5) is 0.432. The number of nitrogens with zero attached hydrogens (tertiary/aromatic N) is 1. The van der Waals surface area contributed by atoms with E-state index in [0.29, 0.717) is 4.90 Å². The minimum absolute atomic E-state index is 0.0534. The van der Waals surface area contributed by atoms with Gasteiger partial charge in [0, 0.05) is 16.8 Å². The smallest absolute Gasteiger partial charge is 0.263 e. The van der Waals surface area contributed by atoms with E-state index in [4.69, 9.17) is 0 Å². The molecule has 1 aliphatic heterocycles. The van der Waals surface area contributed by atoms with Crippen LogP contribution in [0.1, 0.15) is 13.3 Å². The summed E-state index contributed by atoms with van der Waals surface area (Å²) in [7, 11) is -3.41. The third-order valence-corrected chi connectivity index (χ3v) is 5.97. The highest BCUT2D eigenvalue weighted by Crippen LogP contribution is 2.43. The minimum atomic E-state index is -3.41. The number of halogens is 1. The Morgan fingerprint density at radius 2 is 1.89 bits per heavy atom. The van der Waals surface area contributed by atoms with Crippen LogP contribution in [0.2, 0.25) is 0 Å². The molecule has 2 aromatic carbocycles. The lowest BCUT2D eigenvalue weighted by atomic mass is 10.1. The summed E-state index contributed by atoms with van der Waals surface area (Å²) in [6, 6.07) is 11.2. The molecule has 1 atom stereocenters. The fourth-order valence-corrected chi connectivity index (χ4v) is 5.27. The Hall–Kier alpha value is -1.07. The van der Waals surface area contributed by atoms with Gasteiger partial charge in [-0.25, -0.2) is 8.42 Å². The van der Waals surface area contributed by atoms with Crippen molar-refractivity contribution in [1.82, 2.24) is 0 Å². The van der Waals surface area contributed by atoms with Crippen molar-refractivity contribution in [2.24, 2.45) is 0 Å². The molecular formula is C14H14BrNO2S. The van der Waals surface area contributed by atoms with E-state index in [1.165, 1.54) is 0 Å². The summed E-state index contributed by atoms with van der Waals surface area (Å²) in [5.74, 6) is 0. The van der Waals surface area contributed by atoms with Crippen LogP contribution in [0.15, 0.2) is 41.3 Å². The molecule has 1 aliphatic rings. The van der Waals surface area contributed by atoms with Gasteiger partial charge in [-0.3, -0.25) is 4.31 Å². The van der Waals surface area contributed by atoms with Gasteiger partial charge in [0.05, 0.1) is 10.6 Å². The van der Waals surface area contributed by atoms with E-state index >= 15 is 0 Å². The van der Waals surface area contributed by atoms with Crippen LogP contribution in [-0.2, 0) is 10.0 Å². The molecule has 0 fully saturated rings. The molecule has 0 bridgehead atoms. The van der Waals surface area contributed by atoms with Crippen LogP contribution < -0.4 is 4.31 Å². The van der Waals surface area contributed by atoms with E-state index < -0.39 is 10.0 Å². The molecule has 19 heavy (non-hydrogen) atoms. The molecule has 1 unspecified atom stereocenters. The van der Waals surface area contributed by atoms with Crippen LogP contribution in [0.3, 0.4) is 0 Å². The van der Waals surface area contributed by atoms with Gasteiger partial charge in [0.2, 0.25) is 0 Å². The van der Waals surface area contributed by atoms with Gasteiger partial charge in [-0.1, -0.05) is 40.2 Å². The Morgan fingerprint density at radius 1 is 1.21 bits per heavy atom. The van der Waals surface area contributed by atoms with E-state index in [2.05, 4.69) is 15.9 Å². The Kier molecular flexibility index (Phi) is 3.06. The quantitative estimate of drug-likeness (QED) is 0.802. The highest BCUT2D eigenvalue weighted by atomic mass is 79.9. The second kappa shape index (κ2) is 4.49. The first-order valence-corrected chi connectivity index (χ1v) is 8.75. The van der Waals surface area contributed by atoms with Gasteiger partial charge < -0.3 is 0 Å². The van der Waals surface area contributed by atoms with Crippen molar-refractivity contribution < 1.29 is 8.42 Å². The van der Waals surface area contributed by atoms with Crippen molar-refractivity contribution in [1.29, 1.82) is 0 Å². The molecule has 5 heteroatoms. The van der Waals surface area contributed by atoms with Crippen LogP contribution >= 0.6 is 15.9 Å². The van der Waals surface area contributed by atoms with Crippen molar-refractivity contribution in [2.75, 3.05) is 9.64 Å². The number of hydrogen-bond donors (Lipinski definition) is 0. The standard InChI is InChI=1S/C14H14BrNO2S/c1-10(8-9-15)16-12-6-2-4-11-5-3-7-13(14(11)12)19(16,17)18/h2-7,10H,8-9H2,1H3. The molecule has 0 saturated heterocycles. The normalized spacial score (nSPS) is 17.9. The average molecular weight is 340 g/mol. The molecule has 0 N–H and O–H groups in total. The summed E-state index contributed by atoms with van der Waals surface area (Å²) in [5.41, 5.74) is 0.807. The van der Waals surface area contributed by atoms with Crippen LogP contribution in [0.5, 0.6) is 0 Å². The first-order chi connectivity index (χ1) is 9.07. The maximum Gasteiger partial charge on any atom is 0.265 e. The maximum absolute atomic E-state index is 12.7. The Morgan fingerprint density at radius 3 is 2.58 bits per heavy atom. The SMILES string of the molecule is CC(CCBr)N1c2cccc3cccc(c23)S1(=O)=O. The fourth-order valence-electron chi connectivity index (χ4n) is 2.67. The lowest BCUT2D eigenvalue weighted by Gasteiger charge is -2.25. The van der Waals surface area contributed by atoms with E-state index in [1.54, 1.807) is 16.4 Å². The Bertz CT molecular complexity index is 737. The molecule has 0 saturated carbocycles. The zero-order valence-electron chi connectivity index (χ0n) is 10.5. The summed E-state index contributed by atoms with van der Waals surface area (Å²) in [6.45, 7) is 1.95. The number of hydrogen-bond acceptors (Lipinski definition) is 2. The molecule has 3 nitrogen and oxygen atoms in total. The lowest BCUT2D eigenvalue weighted by Crippen LogP contribution is -2.36. The number of sulfonamides is 1. The van der Waals surface area contributed by atoms with Gasteiger partial charge >= 0.3 is 0 Å². The Balaban J connectivity index is 2.30. The molecule has 3 rings (SSSR count). The van der Waals surface area contributed by atoms with E-state index in [-0.39, 0.29) is 6.04 Å². The van der Waals surface area contributed by atoms with Crippen molar-refractivity contribution in [3.05, 3.63) is 36.4 Å². The molecule has 0 aromatic heterocycles. The second-order valence-corrected chi connectivity index (χ2v) is 7.34. The van der Waals surface area contributed by atoms with Crippen molar-refractivity contribution >= 4 is 42.4 Å². The van der Waals surface area contributed by atoms with Gasteiger partial charge in [-0.05, 0) is 30.9 Å². The average Bonchev–Trinajstić information content (AvgIpc) is 2.61. The molecule has 1 heterocycles. The fraction of sp³-hybridized carbons (Fsp3) is 0.286. The van der Waals surface area contributed by atoms with Gasteiger partial charge in [0.25, 0.3) is 10.0 Å². The molecular weight excluding hydrogens is 326 g/mol. The summed E-state index contributed by atoms with van der Waals surface area (Å²) in [5, 5.41) is 2.62. The van der Waals surface area contributed by atoms with Crippen LogP contribution in [0, 0.1) is 0 Å². The van der Waals surface area contributed by atoms with Gasteiger partial charge in [0.1, 0.15) is 0 Å². The predicted molar refractivity (Wildman–Crippen MR) is 81.5 cm³/mol. The molecule has 0 radical (unpaired) electrons. The topological polar surface area (TPSA) is 37.4 Å². The van der Waals surface area contributed by atoms with Gasteiger partial charge in [0.15, 0.2) is 0 Å². The predicted octanol–water partition coefficient (Wildman–Crippen LogP) is 3.52. The third kappa shape index (κ3) is 1.79. The summed E-state index contributed by atoms with van der Waals surface area (Å²) >= 11 is 3.39.